The summed E-state index contributed by atoms with van der Waals surface area (Å²) in [6.45, 7) is 6.49. The zero-order valence-corrected chi connectivity index (χ0v) is 18.9. The van der Waals surface area contributed by atoms with Gasteiger partial charge in [0, 0.05) is 46.2 Å². The predicted octanol–water partition coefficient (Wildman–Crippen LogP) is 4.80. The van der Waals surface area contributed by atoms with E-state index in [1.807, 2.05) is 18.4 Å². The van der Waals surface area contributed by atoms with Gasteiger partial charge in [-0.1, -0.05) is 12.1 Å². The summed E-state index contributed by atoms with van der Waals surface area (Å²) in [5, 5.41) is 0. The van der Waals surface area contributed by atoms with Crippen LogP contribution < -0.4 is 9.47 Å². The molecule has 0 atom stereocenters. The topological polar surface area (TPSA) is 64.3 Å². The molecule has 0 unspecified atom stereocenters. The Hall–Kier alpha value is -2.43. The summed E-state index contributed by atoms with van der Waals surface area (Å²) in [6, 6.07) is 17.7. The summed E-state index contributed by atoms with van der Waals surface area (Å²) >= 11 is 1.85. The summed E-state index contributed by atoms with van der Waals surface area (Å²) in [7, 11) is -4.05. The standard InChI is InChI=1S/C20H23N2S.CHF3O3S/c1-4-22(5-2)18-8-6-16(7-9-18)19-10-11-20(23-19)17-12-14-21(3)15-13-17;2-1(3,4)8(5,6)7/h6-15H,4-5H2,1-3H3;(H,5,6,7)/q+1;/p-1. The molecule has 0 amide bonds. The molecule has 2 aromatic heterocycles. The van der Waals surface area contributed by atoms with Crippen LogP contribution in [0.15, 0.2) is 60.9 Å². The van der Waals surface area contributed by atoms with Crippen LogP contribution in [0.1, 0.15) is 13.8 Å². The highest BCUT2D eigenvalue weighted by atomic mass is 32.2. The first-order chi connectivity index (χ1) is 14.5. The third-order valence-electron chi connectivity index (χ3n) is 4.43. The molecular weight excluding hydrogens is 449 g/mol. The smallest absolute Gasteiger partial charge is 0.485 e. The minimum absolute atomic E-state index is 1.05. The molecule has 0 saturated heterocycles. The van der Waals surface area contributed by atoms with Gasteiger partial charge in [-0.2, -0.15) is 13.2 Å². The fraction of sp³-hybridized carbons (Fsp3) is 0.286. The Labute approximate surface area is 184 Å². The Bertz CT molecular complexity index is 1070. The molecule has 3 rings (SSSR count). The number of alkyl halides is 3. The predicted molar refractivity (Wildman–Crippen MR) is 116 cm³/mol. The van der Waals surface area contributed by atoms with Crippen molar-refractivity contribution >= 4 is 27.1 Å². The first kappa shape index (κ1) is 24.8. The van der Waals surface area contributed by atoms with E-state index < -0.39 is 15.6 Å². The van der Waals surface area contributed by atoms with Gasteiger partial charge in [0.25, 0.3) is 0 Å². The number of thiophene rings is 1. The molecule has 1 aromatic carbocycles. The van der Waals surface area contributed by atoms with Gasteiger partial charge in [0.15, 0.2) is 22.5 Å². The van der Waals surface area contributed by atoms with Crippen LogP contribution in [0.2, 0.25) is 0 Å². The molecule has 0 saturated carbocycles. The highest BCUT2D eigenvalue weighted by Gasteiger charge is 2.36. The molecule has 0 N–H and O–H groups in total. The molecular formula is C21H23F3N2O3S2. The Balaban J connectivity index is 0.000000366. The number of pyridine rings is 1. The second kappa shape index (κ2) is 10.3. The maximum atomic E-state index is 10.7. The first-order valence-corrected chi connectivity index (χ1v) is 11.6. The zero-order chi connectivity index (χ0) is 23.2. The van der Waals surface area contributed by atoms with Crippen molar-refractivity contribution in [2.75, 3.05) is 18.0 Å². The first-order valence-electron chi connectivity index (χ1n) is 9.39. The third-order valence-corrected chi connectivity index (χ3v) is 6.18. The van der Waals surface area contributed by atoms with Crippen LogP contribution in [-0.4, -0.2) is 31.6 Å². The van der Waals surface area contributed by atoms with Crippen molar-refractivity contribution in [1.82, 2.24) is 0 Å². The largest absolute Gasteiger partial charge is 0.741 e. The molecule has 2 heterocycles. The Morgan fingerprint density at radius 1 is 0.903 bits per heavy atom. The molecule has 5 nitrogen and oxygen atoms in total. The second-order valence-electron chi connectivity index (χ2n) is 6.54. The van der Waals surface area contributed by atoms with E-state index in [0.29, 0.717) is 0 Å². The molecule has 10 heteroatoms. The summed E-state index contributed by atoms with van der Waals surface area (Å²) < 4.78 is 61.0. The number of nitrogens with zero attached hydrogens (tertiary/aromatic N) is 2. The van der Waals surface area contributed by atoms with Gasteiger partial charge in [-0.3, -0.25) is 0 Å². The maximum Gasteiger partial charge on any atom is 0.485 e. The molecule has 0 aliphatic heterocycles. The summed E-state index contributed by atoms with van der Waals surface area (Å²) in [5.41, 5.74) is -1.78. The van der Waals surface area contributed by atoms with Gasteiger partial charge in [-0.25, -0.2) is 13.0 Å². The van der Waals surface area contributed by atoms with Crippen LogP contribution in [-0.2, 0) is 17.2 Å². The van der Waals surface area contributed by atoms with E-state index >= 15 is 0 Å². The fourth-order valence-electron chi connectivity index (χ4n) is 2.74. The van der Waals surface area contributed by atoms with E-state index in [1.54, 1.807) is 0 Å². The molecule has 0 aliphatic carbocycles. The van der Waals surface area contributed by atoms with E-state index in [0.717, 1.165) is 13.1 Å². The molecule has 0 aliphatic rings. The van der Waals surface area contributed by atoms with Crippen molar-refractivity contribution in [2.24, 2.45) is 7.05 Å². The average Bonchev–Trinajstić information content (AvgIpc) is 3.19. The molecule has 0 fully saturated rings. The van der Waals surface area contributed by atoms with Crippen molar-refractivity contribution in [2.45, 2.75) is 19.4 Å². The maximum absolute atomic E-state index is 10.7. The number of hydrogen-bond acceptors (Lipinski definition) is 5. The normalized spacial score (nSPS) is 11.6. The Morgan fingerprint density at radius 2 is 1.32 bits per heavy atom. The van der Waals surface area contributed by atoms with E-state index in [2.05, 4.69) is 84.2 Å². The van der Waals surface area contributed by atoms with Gasteiger partial charge >= 0.3 is 5.51 Å². The van der Waals surface area contributed by atoms with Gasteiger partial charge in [-0.05, 0) is 43.7 Å². The van der Waals surface area contributed by atoms with Crippen LogP contribution in [0, 0.1) is 0 Å². The molecule has 31 heavy (non-hydrogen) atoms. The number of anilines is 1. The number of halogens is 3. The summed E-state index contributed by atoms with van der Waals surface area (Å²) in [4.78, 5) is 5.00. The molecule has 3 aromatic rings. The van der Waals surface area contributed by atoms with Gasteiger partial charge < -0.3 is 9.45 Å². The van der Waals surface area contributed by atoms with E-state index in [4.69, 9.17) is 13.0 Å². The van der Waals surface area contributed by atoms with Crippen LogP contribution in [0.5, 0.6) is 0 Å². The Morgan fingerprint density at radius 3 is 1.71 bits per heavy atom. The minimum atomic E-state index is -6.09. The molecule has 0 radical (unpaired) electrons. The van der Waals surface area contributed by atoms with Crippen LogP contribution in [0.25, 0.3) is 20.9 Å². The molecule has 0 bridgehead atoms. The molecule has 168 valence electrons. The number of aromatic nitrogens is 1. The monoisotopic (exact) mass is 472 g/mol. The Kier molecular flexibility index (Phi) is 8.21. The van der Waals surface area contributed by atoms with Crippen molar-refractivity contribution in [3.05, 3.63) is 60.9 Å². The van der Waals surface area contributed by atoms with Crippen molar-refractivity contribution in [3.63, 3.8) is 0 Å². The quantitative estimate of drug-likeness (QED) is 0.304. The lowest BCUT2D eigenvalue weighted by Crippen LogP contribution is -2.25. The lowest BCUT2D eigenvalue weighted by atomic mass is 10.1. The van der Waals surface area contributed by atoms with Crippen molar-refractivity contribution in [3.8, 4) is 20.9 Å². The van der Waals surface area contributed by atoms with E-state index in [1.165, 1.54) is 26.6 Å². The summed E-state index contributed by atoms with van der Waals surface area (Å²) in [6.07, 6.45) is 4.18. The van der Waals surface area contributed by atoms with Crippen LogP contribution >= 0.6 is 11.3 Å². The number of rotatable bonds is 5. The van der Waals surface area contributed by atoms with Crippen molar-refractivity contribution in [1.29, 1.82) is 0 Å². The summed E-state index contributed by atoms with van der Waals surface area (Å²) in [5.74, 6) is 0. The van der Waals surface area contributed by atoms with Gasteiger partial charge in [-0.15, -0.1) is 11.3 Å². The third kappa shape index (κ3) is 6.78. The fourth-order valence-corrected chi connectivity index (χ4v) is 3.76. The number of hydrogen-bond donors (Lipinski definition) is 0. The van der Waals surface area contributed by atoms with Crippen LogP contribution in [0.3, 0.4) is 0 Å². The van der Waals surface area contributed by atoms with Gasteiger partial charge in [0.05, 0.1) is 0 Å². The van der Waals surface area contributed by atoms with E-state index in [-0.39, 0.29) is 0 Å². The van der Waals surface area contributed by atoms with Crippen LogP contribution in [0.4, 0.5) is 18.9 Å². The SMILES string of the molecule is CCN(CC)c1ccc(-c2ccc(-c3cc[n+](C)cc3)s2)cc1.O=S(=O)([O-])C(F)(F)F. The lowest BCUT2D eigenvalue weighted by molar-refractivity contribution is -0.671. The van der Waals surface area contributed by atoms with Gasteiger partial charge in [0.2, 0.25) is 0 Å². The highest BCUT2D eigenvalue weighted by Crippen LogP contribution is 2.34. The highest BCUT2D eigenvalue weighted by molar-refractivity contribution is 7.86. The average molecular weight is 473 g/mol. The van der Waals surface area contributed by atoms with Gasteiger partial charge in [0.1, 0.15) is 7.05 Å². The van der Waals surface area contributed by atoms with E-state index in [9.17, 15) is 13.2 Å². The zero-order valence-electron chi connectivity index (χ0n) is 17.3. The molecule has 0 spiro atoms. The number of benzene rings is 1. The van der Waals surface area contributed by atoms with Crippen molar-refractivity contribution < 1.29 is 30.7 Å². The second-order valence-corrected chi connectivity index (χ2v) is 8.99. The number of aryl methyl sites for hydroxylation is 1. The lowest BCUT2D eigenvalue weighted by Gasteiger charge is -2.21. The minimum Gasteiger partial charge on any atom is -0.741 e.